The minimum atomic E-state index is -3.56. The monoisotopic (exact) mass is 549 g/mol. The van der Waals surface area contributed by atoms with Gasteiger partial charge in [-0.15, -0.1) is 0 Å². The second-order valence-electron chi connectivity index (χ2n) is 9.91. The molecule has 2 fully saturated rings. The van der Waals surface area contributed by atoms with E-state index in [-0.39, 0.29) is 23.2 Å². The smallest absolute Gasteiger partial charge is 0.253 e. The molecule has 2 heterocycles. The van der Waals surface area contributed by atoms with Gasteiger partial charge >= 0.3 is 0 Å². The minimum absolute atomic E-state index is 0.0238. The van der Waals surface area contributed by atoms with Crippen LogP contribution in [0.1, 0.15) is 51.4 Å². The standard InChI is InChI=1S/C26H39N5O6S/c32-25-23(24(26(25)33)29-21-9-12-27-13-10-21)28-11-5-2-6-20-38(34,35)31(22-7-3-1-4-8-22)37-19-16-30-14-17-36-18-15-30/h9-10,12-13,22,28H,1-8,11,14-20H2,(H,27,29). The van der Waals surface area contributed by atoms with Gasteiger partial charge in [0.25, 0.3) is 10.9 Å². The van der Waals surface area contributed by atoms with Crippen LogP contribution in [0.15, 0.2) is 34.1 Å². The summed E-state index contributed by atoms with van der Waals surface area (Å²) in [7, 11) is -3.56. The summed E-state index contributed by atoms with van der Waals surface area (Å²) < 4.78 is 33.2. The average molecular weight is 550 g/mol. The summed E-state index contributed by atoms with van der Waals surface area (Å²) in [4.78, 5) is 36.1. The van der Waals surface area contributed by atoms with E-state index in [2.05, 4.69) is 20.5 Å². The fourth-order valence-corrected chi connectivity index (χ4v) is 6.59. The van der Waals surface area contributed by atoms with Crippen LogP contribution in [0.5, 0.6) is 0 Å². The number of rotatable bonds is 15. The molecule has 38 heavy (non-hydrogen) atoms. The van der Waals surface area contributed by atoms with E-state index in [1.54, 1.807) is 24.5 Å². The molecule has 1 aromatic carbocycles. The Hall–Kier alpha value is -2.38. The zero-order chi connectivity index (χ0) is 26.8. The van der Waals surface area contributed by atoms with E-state index in [9.17, 15) is 18.0 Å². The third kappa shape index (κ3) is 7.82. The average Bonchev–Trinajstić information content (AvgIpc) is 2.95. The van der Waals surface area contributed by atoms with Gasteiger partial charge in [0.1, 0.15) is 11.4 Å². The number of ether oxygens (including phenoxy) is 1. The molecule has 2 N–H and O–H groups in total. The minimum Gasteiger partial charge on any atom is -0.380 e. The molecule has 12 heteroatoms. The van der Waals surface area contributed by atoms with Crippen LogP contribution in [0, 0.1) is 0 Å². The van der Waals surface area contributed by atoms with Crippen LogP contribution in [0.4, 0.5) is 17.1 Å². The van der Waals surface area contributed by atoms with Crippen LogP contribution < -0.4 is 21.5 Å². The number of hydrogen-bond acceptors (Lipinski definition) is 10. The molecule has 0 radical (unpaired) electrons. The van der Waals surface area contributed by atoms with E-state index in [4.69, 9.17) is 9.57 Å². The van der Waals surface area contributed by atoms with Gasteiger partial charge in [0, 0.05) is 44.3 Å². The number of sulfonamides is 1. The van der Waals surface area contributed by atoms with E-state index in [1.807, 2.05) is 0 Å². The van der Waals surface area contributed by atoms with Gasteiger partial charge in [-0.1, -0.05) is 30.2 Å². The van der Waals surface area contributed by atoms with E-state index in [1.165, 1.54) is 4.47 Å². The number of nitrogens with zero attached hydrogens (tertiary/aromatic N) is 3. The molecule has 1 saturated heterocycles. The molecule has 210 valence electrons. The second kappa shape index (κ2) is 14.1. The maximum Gasteiger partial charge on any atom is 0.253 e. The molecule has 0 spiro atoms. The first-order chi connectivity index (χ1) is 18.5. The molecule has 11 nitrogen and oxygen atoms in total. The van der Waals surface area contributed by atoms with Gasteiger partial charge in [0.05, 0.1) is 31.6 Å². The fourth-order valence-electron chi connectivity index (χ4n) is 4.94. The first kappa shape index (κ1) is 28.6. The number of aromatic nitrogens is 1. The Morgan fingerprint density at radius 3 is 2.45 bits per heavy atom. The Labute approximate surface area is 224 Å². The third-order valence-electron chi connectivity index (χ3n) is 7.12. The van der Waals surface area contributed by atoms with Crippen molar-refractivity contribution in [3.63, 3.8) is 0 Å². The van der Waals surface area contributed by atoms with Crippen LogP contribution in [-0.4, -0.2) is 80.6 Å². The van der Waals surface area contributed by atoms with Crippen molar-refractivity contribution >= 4 is 27.1 Å². The SMILES string of the molecule is O=c1c(NCCCCCS(=O)(=O)N(OCCN2CCOCC2)C2CCCCC2)c(Nc2ccncc2)c1=O. The molecule has 2 aliphatic rings. The molecular weight excluding hydrogens is 510 g/mol. The normalized spacial score (nSPS) is 17.7. The van der Waals surface area contributed by atoms with E-state index in [0.717, 1.165) is 45.2 Å². The van der Waals surface area contributed by atoms with Gasteiger partial charge in [0.15, 0.2) is 0 Å². The molecular formula is C26H39N5O6S. The van der Waals surface area contributed by atoms with Crippen LogP contribution in [0.2, 0.25) is 0 Å². The van der Waals surface area contributed by atoms with E-state index in [0.29, 0.717) is 57.9 Å². The second-order valence-corrected chi connectivity index (χ2v) is 11.8. The first-order valence-electron chi connectivity index (χ1n) is 13.6. The summed E-state index contributed by atoms with van der Waals surface area (Å²) in [5.41, 5.74) is 0.112. The zero-order valence-corrected chi connectivity index (χ0v) is 22.7. The summed E-state index contributed by atoms with van der Waals surface area (Å²) in [6, 6.07) is 3.33. The summed E-state index contributed by atoms with van der Waals surface area (Å²) in [6.07, 6.45) is 9.86. The molecule has 1 saturated carbocycles. The van der Waals surface area contributed by atoms with Crippen LogP contribution in [0.3, 0.4) is 0 Å². The third-order valence-corrected chi connectivity index (χ3v) is 8.87. The van der Waals surface area contributed by atoms with Crippen LogP contribution >= 0.6 is 0 Å². The number of anilines is 3. The number of morpholine rings is 1. The number of pyridine rings is 1. The van der Waals surface area contributed by atoms with Gasteiger partial charge in [-0.3, -0.25) is 24.3 Å². The predicted octanol–water partition coefficient (Wildman–Crippen LogP) is 2.23. The summed E-state index contributed by atoms with van der Waals surface area (Å²) in [5, 5.41) is 5.99. The lowest BCUT2D eigenvalue weighted by Gasteiger charge is -2.33. The lowest BCUT2D eigenvalue weighted by molar-refractivity contribution is -0.126. The molecule has 1 aliphatic carbocycles. The van der Waals surface area contributed by atoms with Crippen LogP contribution in [-0.2, 0) is 19.6 Å². The highest BCUT2D eigenvalue weighted by Crippen LogP contribution is 2.26. The molecule has 1 aromatic heterocycles. The molecule has 0 amide bonds. The Kier molecular flexibility index (Phi) is 10.6. The molecule has 0 bridgehead atoms. The quantitative estimate of drug-likeness (QED) is 0.194. The van der Waals surface area contributed by atoms with Crippen molar-refractivity contribution in [2.45, 2.75) is 57.4 Å². The largest absolute Gasteiger partial charge is 0.380 e. The Bertz CT molecular complexity index is 1170. The first-order valence-corrected chi connectivity index (χ1v) is 15.3. The van der Waals surface area contributed by atoms with Crippen molar-refractivity contribution in [2.75, 3.05) is 62.4 Å². The summed E-state index contributed by atoms with van der Waals surface area (Å²) in [5.74, 6) is 0.0238. The van der Waals surface area contributed by atoms with Gasteiger partial charge in [0.2, 0.25) is 10.0 Å². The maximum atomic E-state index is 13.3. The van der Waals surface area contributed by atoms with Crippen molar-refractivity contribution in [3.8, 4) is 0 Å². The topological polar surface area (TPSA) is 130 Å². The van der Waals surface area contributed by atoms with Gasteiger partial charge in [-0.05, 0) is 37.8 Å². The number of unbranched alkanes of at least 4 members (excludes halogenated alkanes) is 2. The van der Waals surface area contributed by atoms with Gasteiger partial charge < -0.3 is 15.4 Å². The molecule has 0 atom stereocenters. The zero-order valence-electron chi connectivity index (χ0n) is 21.9. The number of hydroxylamine groups is 1. The van der Waals surface area contributed by atoms with Crippen molar-refractivity contribution in [2.24, 2.45) is 0 Å². The van der Waals surface area contributed by atoms with Gasteiger partial charge in [-0.25, -0.2) is 8.42 Å². The van der Waals surface area contributed by atoms with Gasteiger partial charge in [-0.2, -0.15) is 0 Å². The Balaban J connectivity index is 1.21. The summed E-state index contributed by atoms with van der Waals surface area (Å²) in [6.45, 7) is 4.57. The maximum absolute atomic E-state index is 13.3. The number of nitrogens with one attached hydrogen (secondary N) is 2. The lowest BCUT2D eigenvalue weighted by Crippen LogP contribution is -2.45. The number of hydrogen-bond donors (Lipinski definition) is 2. The fraction of sp³-hybridized carbons (Fsp3) is 0.654. The predicted molar refractivity (Wildman–Crippen MR) is 147 cm³/mol. The van der Waals surface area contributed by atoms with E-state index < -0.39 is 20.9 Å². The molecule has 4 rings (SSSR count). The Morgan fingerprint density at radius 2 is 1.71 bits per heavy atom. The lowest BCUT2D eigenvalue weighted by atomic mass is 9.96. The highest BCUT2D eigenvalue weighted by atomic mass is 32.2. The van der Waals surface area contributed by atoms with Crippen LogP contribution in [0.25, 0.3) is 0 Å². The van der Waals surface area contributed by atoms with Crippen molar-refractivity contribution in [1.82, 2.24) is 14.4 Å². The van der Waals surface area contributed by atoms with E-state index >= 15 is 0 Å². The highest BCUT2D eigenvalue weighted by Gasteiger charge is 2.32. The Morgan fingerprint density at radius 1 is 1.00 bits per heavy atom. The molecule has 1 aliphatic heterocycles. The summed E-state index contributed by atoms with van der Waals surface area (Å²) >= 11 is 0. The highest BCUT2D eigenvalue weighted by molar-refractivity contribution is 7.88. The molecule has 0 unspecified atom stereocenters. The molecule has 2 aromatic rings. The van der Waals surface area contributed by atoms with Crippen molar-refractivity contribution in [3.05, 3.63) is 45.0 Å². The van der Waals surface area contributed by atoms with Crippen molar-refractivity contribution in [1.29, 1.82) is 0 Å². The van der Waals surface area contributed by atoms with Crippen molar-refractivity contribution < 1.29 is 18.0 Å².